The van der Waals surface area contributed by atoms with E-state index in [9.17, 15) is 14.4 Å². The Morgan fingerprint density at radius 2 is 1.42 bits per heavy atom. The summed E-state index contributed by atoms with van der Waals surface area (Å²) in [6.07, 6.45) is 0.258. The van der Waals surface area contributed by atoms with Gasteiger partial charge in [-0.05, 0) is 48.9 Å². The Balaban J connectivity index is 1.81. The van der Waals surface area contributed by atoms with E-state index in [0.29, 0.717) is 23.3 Å². The van der Waals surface area contributed by atoms with Crippen LogP contribution in [-0.4, -0.2) is 24.3 Å². The first-order valence-electron chi connectivity index (χ1n) is 9.89. The van der Waals surface area contributed by atoms with E-state index >= 15 is 0 Å². The number of amides is 1. The van der Waals surface area contributed by atoms with Crippen LogP contribution in [-0.2, 0) is 4.74 Å². The number of benzene rings is 3. The van der Waals surface area contributed by atoms with Crippen molar-refractivity contribution in [2.24, 2.45) is 5.73 Å². The summed E-state index contributed by atoms with van der Waals surface area (Å²) in [5.41, 5.74) is 7.63. The van der Waals surface area contributed by atoms with Crippen LogP contribution in [0.4, 0.5) is 0 Å². The van der Waals surface area contributed by atoms with Gasteiger partial charge in [-0.3, -0.25) is 9.59 Å². The van der Waals surface area contributed by atoms with Gasteiger partial charge in [0.25, 0.3) is 0 Å². The maximum Gasteiger partial charge on any atom is 0.338 e. The molecule has 158 valence electrons. The second kappa shape index (κ2) is 10.6. The zero-order valence-corrected chi connectivity index (χ0v) is 17.9. The highest BCUT2D eigenvalue weighted by Crippen LogP contribution is 2.38. The highest BCUT2D eigenvalue weighted by molar-refractivity contribution is 7.99. The first-order chi connectivity index (χ1) is 15.0. The number of esters is 1. The number of nitrogens with two attached hydrogens (primary N) is 1. The lowest BCUT2D eigenvalue weighted by atomic mass is 10.0. The number of carbonyl (C=O) groups is 3. The minimum absolute atomic E-state index is 0.0391. The average Bonchev–Trinajstić information content (AvgIpc) is 2.79. The van der Waals surface area contributed by atoms with Gasteiger partial charge >= 0.3 is 5.97 Å². The van der Waals surface area contributed by atoms with E-state index in [1.165, 1.54) is 0 Å². The minimum Gasteiger partial charge on any atom is -0.462 e. The lowest BCUT2D eigenvalue weighted by molar-refractivity contribution is 0.0526. The molecular formula is C25H23NO4S. The Hall–Kier alpha value is -3.38. The SMILES string of the molecule is CCOC(=O)c1ccc(C(=O)CC(Sc2ccccc2)c2ccc(C(N)=O)cc2)cc1. The highest BCUT2D eigenvalue weighted by Gasteiger charge is 2.20. The van der Waals surface area contributed by atoms with Crippen LogP contribution in [0.2, 0.25) is 0 Å². The van der Waals surface area contributed by atoms with Crippen molar-refractivity contribution in [3.05, 3.63) is 101 Å². The van der Waals surface area contributed by atoms with Crippen LogP contribution in [0.15, 0.2) is 83.8 Å². The molecule has 1 atom stereocenters. The number of hydrogen-bond acceptors (Lipinski definition) is 5. The van der Waals surface area contributed by atoms with Crippen LogP contribution in [0.5, 0.6) is 0 Å². The standard InChI is InChI=1S/C25H23NO4S/c1-2-30-25(29)20-14-8-17(9-15-20)22(27)16-23(31-21-6-4-3-5-7-21)18-10-12-19(13-11-18)24(26)28/h3-15,23H,2,16H2,1H3,(H2,26,28). The van der Waals surface area contributed by atoms with E-state index in [1.54, 1.807) is 55.1 Å². The van der Waals surface area contributed by atoms with Crippen molar-refractivity contribution in [2.75, 3.05) is 6.61 Å². The maximum absolute atomic E-state index is 13.0. The zero-order chi connectivity index (χ0) is 22.2. The van der Waals surface area contributed by atoms with E-state index < -0.39 is 11.9 Å². The van der Waals surface area contributed by atoms with Crippen molar-refractivity contribution in [1.82, 2.24) is 0 Å². The lowest BCUT2D eigenvalue weighted by Gasteiger charge is -2.17. The highest BCUT2D eigenvalue weighted by atomic mass is 32.2. The van der Waals surface area contributed by atoms with Gasteiger partial charge in [-0.25, -0.2) is 4.79 Å². The number of Topliss-reactive ketones (excluding diaryl/α,β-unsaturated/α-hetero) is 1. The predicted octanol–water partition coefficient (Wildman–Crippen LogP) is 5.07. The fraction of sp³-hybridized carbons (Fsp3) is 0.160. The molecule has 0 saturated heterocycles. The summed E-state index contributed by atoms with van der Waals surface area (Å²) in [5, 5.41) is -0.151. The summed E-state index contributed by atoms with van der Waals surface area (Å²) >= 11 is 1.58. The molecule has 0 fully saturated rings. The molecule has 1 unspecified atom stereocenters. The molecule has 2 N–H and O–H groups in total. The number of carbonyl (C=O) groups excluding carboxylic acids is 3. The topological polar surface area (TPSA) is 86.5 Å². The smallest absolute Gasteiger partial charge is 0.338 e. The Bertz CT molecular complexity index is 1050. The Labute approximate surface area is 185 Å². The van der Waals surface area contributed by atoms with Crippen LogP contribution < -0.4 is 5.73 Å². The van der Waals surface area contributed by atoms with Gasteiger partial charge in [-0.1, -0.05) is 42.5 Å². The minimum atomic E-state index is -0.489. The first-order valence-corrected chi connectivity index (χ1v) is 10.8. The largest absolute Gasteiger partial charge is 0.462 e. The van der Waals surface area contributed by atoms with Crippen LogP contribution >= 0.6 is 11.8 Å². The van der Waals surface area contributed by atoms with Gasteiger partial charge in [0.05, 0.1) is 12.2 Å². The molecular weight excluding hydrogens is 410 g/mol. The van der Waals surface area contributed by atoms with Crippen molar-refractivity contribution in [1.29, 1.82) is 0 Å². The molecule has 0 aliphatic carbocycles. The third kappa shape index (κ3) is 6.06. The summed E-state index contributed by atoms with van der Waals surface area (Å²) in [4.78, 5) is 37.2. The molecule has 0 aliphatic rings. The molecule has 6 heteroatoms. The Morgan fingerprint density at radius 1 is 0.839 bits per heavy atom. The van der Waals surface area contributed by atoms with Crippen LogP contribution in [0.3, 0.4) is 0 Å². The number of ketones is 1. The molecule has 0 bridgehead atoms. The van der Waals surface area contributed by atoms with Gasteiger partial charge in [0, 0.05) is 27.7 Å². The van der Waals surface area contributed by atoms with Crippen molar-refractivity contribution >= 4 is 29.4 Å². The van der Waals surface area contributed by atoms with Gasteiger partial charge in [-0.2, -0.15) is 0 Å². The molecule has 1 amide bonds. The predicted molar refractivity (Wildman–Crippen MR) is 121 cm³/mol. The molecule has 3 aromatic carbocycles. The first kappa shape index (κ1) is 22.3. The Morgan fingerprint density at radius 3 is 2.00 bits per heavy atom. The summed E-state index contributed by atoms with van der Waals surface area (Å²) < 4.78 is 4.98. The summed E-state index contributed by atoms with van der Waals surface area (Å²) in [6, 6.07) is 23.3. The van der Waals surface area contributed by atoms with E-state index in [0.717, 1.165) is 10.5 Å². The molecule has 3 aromatic rings. The van der Waals surface area contributed by atoms with E-state index in [4.69, 9.17) is 10.5 Å². The number of thioether (sulfide) groups is 1. The van der Waals surface area contributed by atoms with Crippen LogP contribution in [0, 0.1) is 0 Å². The van der Waals surface area contributed by atoms with Crippen molar-refractivity contribution in [3.8, 4) is 0 Å². The zero-order valence-electron chi connectivity index (χ0n) is 17.1. The third-order valence-corrected chi connectivity index (χ3v) is 5.95. The van der Waals surface area contributed by atoms with Crippen LogP contribution in [0.25, 0.3) is 0 Å². The van der Waals surface area contributed by atoms with Crippen molar-refractivity contribution in [3.63, 3.8) is 0 Å². The number of ether oxygens (including phenoxy) is 1. The van der Waals surface area contributed by atoms with E-state index in [-0.39, 0.29) is 17.5 Å². The summed E-state index contributed by atoms with van der Waals surface area (Å²) in [5.74, 6) is -0.937. The third-order valence-electron chi connectivity index (χ3n) is 4.68. The molecule has 0 aromatic heterocycles. The Kier molecular flexibility index (Phi) is 7.62. The molecule has 0 saturated carbocycles. The number of primary amides is 1. The van der Waals surface area contributed by atoms with Crippen molar-refractivity contribution in [2.45, 2.75) is 23.5 Å². The van der Waals surface area contributed by atoms with Gasteiger partial charge in [0.1, 0.15) is 0 Å². The normalized spacial score (nSPS) is 11.5. The van der Waals surface area contributed by atoms with Gasteiger partial charge in [0.2, 0.25) is 5.91 Å². The van der Waals surface area contributed by atoms with E-state index in [1.807, 2.05) is 42.5 Å². The molecule has 5 nitrogen and oxygen atoms in total. The fourth-order valence-corrected chi connectivity index (χ4v) is 4.22. The van der Waals surface area contributed by atoms with Gasteiger partial charge < -0.3 is 10.5 Å². The average molecular weight is 434 g/mol. The molecule has 31 heavy (non-hydrogen) atoms. The van der Waals surface area contributed by atoms with E-state index in [2.05, 4.69) is 0 Å². The monoisotopic (exact) mass is 433 g/mol. The molecule has 0 aliphatic heterocycles. The quantitative estimate of drug-likeness (QED) is 0.289. The molecule has 0 spiro atoms. The maximum atomic E-state index is 13.0. The fourth-order valence-electron chi connectivity index (χ4n) is 3.05. The summed E-state index contributed by atoms with van der Waals surface area (Å²) in [6.45, 7) is 2.04. The second-order valence-corrected chi connectivity index (χ2v) is 8.11. The molecule has 3 rings (SSSR count). The second-order valence-electron chi connectivity index (χ2n) is 6.83. The lowest BCUT2D eigenvalue weighted by Crippen LogP contribution is -2.11. The van der Waals surface area contributed by atoms with Gasteiger partial charge in [-0.15, -0.1) is 11.8 Å². The molecule has 0 radical (unpaired) electrons. The van der Waals surface area contributed by atoms with Gasteiger partial charge in [0.15, 0.2) is 5.78 Å². The molecule has 0 heterocycles. The summed E-state index contributed by atoms with van der Waals surface area (Å²) in [7, 11) is 0. The number of rotatable bonds is 9. The number of hydrogen-bond donors (Lipinski definition) is 1. The van der Waals surface area contributed by atoms with Crippen molar-refractivity contribution < 1.29 is 19.1 Å². The van der Waals surface area contributed by atoms with Crippen LogP contribution in [0.1, 0.15) is 55.2 Å².